The molecule has 4 aliphatic rings. The molecule has 3 saturated heterocycles. The lowest BCUT2D eigenvalue weighted by Crippen LogP contribution is -2.58. The first kappa shape index (κ1) is 23.9. The highest BCUT2D eigenvalue weighted by Gasteiger charge is 2.32. The summed E-state index contributed by atoms with van der Waals surface area (Å²) >= 11 is 0. The van der Waals surface area contributed by atoms with E-state index in [0.29, 0.717) is 38.5 Å². The minimum atomic E-state index is -3.02. The lowest BCUT2D eigenvalue weighted by Gasteiger charge is -2.42. The third kappa shape index (κ3) is 4.54. The highest BCUT2D eigenvalue weighted by molar-refractivity contribution is 7.91. The van der Waals surface area contributed by atoms with E-state index in [9.17, 15) is 8.42 Å². The summed E-state index contributed by atoms with van der Waals surface area (Å²) in [4.78, 5) is 14.0. The second-order valence-corrected chi connectivity index (χ2v) is 13.1. The Hall–Kier alpha value is -2.43. The predicted octanol–water partition coefficient (Wildman–Crippen LogP) is 2.59. The topological polar surface area (TPSA) is 99.7 Å². The number of piperidine rings is 2. The van der Waals surface area contributed by atoms with E-state index < -0.39 is 9.84 Å². The van der Waals surface area contributed by atoms with E-state index in [0.717, 1.165) is 66.4 Å². The monoisotopic (exact) mass is 512 g/mol. The highest BCUT2D eigenvalue weighted by Crippen LogP contribution is 2.41. The smallest absolute Gasteiger partial charge is 0.150 e. The molecule has 3 fully saturated rings. The first-order valence-corrected chi connectivity index (χ1v) is 15.1. The molecule has 0 atom stereocenters. The summed E-state index contributed by atoms with van der Waals surface area (Å²) in [5.41, 5.74) is 4.40. The molecule has 0 radical (unpaired) electrons. The van der Waals surface area contributed by atoms with Crippen LogP contribution in [0.3, 0.4) is 0 Å². The summed E-state index contributed by atoms with van der Waals surface area (Å²) < 4.78 is 30.3. The first-order chi connectivity index (χ1) is 17.4. The Kier molecular flexibility index (Phi) is 6.29. The number of nitrogens with one attached hydrogen (secondary N) is 2. The van der Waals surface area contributed by atoms with Crippen molar-refractivity contribution in [1.82, 2.24) is 20.2 Å². The van der Waals surface area contributed by atoms with Crippen LogP contribution in [-0.4, -0.2) is 80.1 Å². The van der Waals surface area contributed by atoms with Gasteiger partial charge in [-0.25, -0.2) is 18.4 Å². The van der Waals surface area contributed by atoms with Crippen LogP contribution in [0.15, 0.2) is 18.5 Å². The summed E-state index contributed by atoms with van der Waals surface area (Å²) in [6.45, 7) is 8.40. The number of fused-ring (bicyclic) bond motifs is 2. The number of likely N-dealkylation sites (tertiary alicyclic amines) is 1. The van der Waals surface area contributed by atoms with Crippen LogP contribution < -0.4 is 20.3 Å². The normalized spacial score (nSPS) is 22.1. The molecule has 6 rings (SSSR count). The zero-order valence-electron chi connectivity index (χ0n) is 21.2. The van der Waals surface area contributed by atoms with Gasteiger partial charge in [-0.3, -0.25) is 4.90 Å². The molecule has 0 saturated carbocycles. The molecule has 1 aromatic carbocycles. The van der Waals surface area contributed by atoms with Gasteiger partial charge in [-0.2, -0.15) is 0 Å². The SMILES string of the molecule is Cc1cc(C2CCN(C3CNC3)CC2)cc2c1OCc1c(ncnc1N1CCC(S(C)(=O)=O)CC1)N2. The molecule has 0 aliphatic carbocycles. The Morgan fingerprint density at radius 1 is 1.03 bits per heavy atom. The molecule has 2 aromatic rings. The van der Waals surface area contributed by atoms with Gasteiger partial charge < -0.3 is 20.3 Å². The average Bonchev–Trinajstić information content (AvgIpc) is 3.02. The van der Waals surface area contributed by atoms with E-state index in [1.54, 1.807) is 6.33 Å². The van der Waals surface area contributed by atoms with E-state index in [1.165, 1.54) is 24.7 Å². The fraction of sp³-hybridized carbons (Fsp3) is 0.615. The summed E-state index contributed by atoms with van der Waals surface area (Å²) in [6, 6.07) is 5.27. The van der Waals surface area contributed by atoms with Gasteiger partial charge in [0.15, 0.2) is 0 Å². The molecule has 194 valence electrons. The van der Waals surface area contributed by atoms with Gasteiger partial charge in [-0.05, 0) is 68.8 Å². The van der Waals surface area contributed by atoms with Gasteiger partial charge >= 0.3 is 0 Å². The first-order valence-electron chi connectivity index (χ1n) is 13.1. The standard InChI is InChI=1S/C26H36N6O3S/c1-17-11-19(18-3-7-31(8-4-18)20-13-27-14-20)12-23-24(17)35-15-22-25(30-23)28-16-29-26(22)32-9-5-21(6-10-32)36(2,33)34/h11-12,16,18,20-21,27H,3-10,13-15H2,1-2H3,(H,28,29,30). The third-order valence-corrected chi connectivity index (χ3v) is 10.1. The second kappa shape index (κ2) is 9.46. The molecule has 36 heavy (non-hydrogen) atoms. The maximum atomic E-state index is 12.0. The molecule has 1 aromatic heterocycles. The molecule has 2 N–H and O–H groups in total. The fourth-order valence-electron chi connectivity index (χ4n) is 6.14. The lowest BCUT2D eigenvalue weighted by molar-refractivity contribution is 0.113. The van der Waals surface area contributed by atoms with E-state index in [1.807, 2.05) is 0 Å². The van der Waals surface area contributed by atoms with E-state index >= 15 is 0 Å². The van der Waals surface area contributed by atoms with Crippen LogP contribution in [0.2, 0.25) is 0 Å². The van der Waals surface area contributed by atoms with Crippen LogP contribution in [0.25, 0.3) is 0 Å². The molecule has 4 aliphatic heterocycles. The highest BCUT2D eigenvalue weighted by atomic mass is 32.2. The Balaban J connectivity index is 1.21. The van der Waals surface area contributed by atoms with Crippen molar-refractivity contribution >= 4 is 27.2 Å². The number of sulfone groups is 1. The van der Waals surface area contributed by atoms with Gasteiger partial charge in [-0.15, -0.1) is 0 Å². The number of ether oxygens (including phenoxy) is 1. The van der Waals surface area contributed by atoms with Gasteiger partial charge in [0.1, 0.15) is 40.2 Å². The van der Waals surface area contributed by atoms with Crippen molar-refractivity contribution in [3.05, 3.63) is 35.2 Å². The average molecular weight is 513 g/mol. The molecule has 9 nitrogen and oxygen atoms in total. The molecule has 0 amide bonds. The van der Waals surface area contributed by atoms with Gasteiger partial charge in [-0.1, -0.05) is 6.07 Å². The van der Waals surface area contributed by atoms with E-state index in [-0.39, 0.29) is 5.25 Å². The van der Waals surface area contributed by atoms with Crippen LogP contribution in [-0.2, 0) is 16.4 Å². The Morgan fingerprint density at radius 3 is 2.44 bits per heavy atom. The molecule has 0 unspecified atom stereocenters. The van der Waals surface area contributed by atoms with Gasteiger partial charge in [0.2, 0.25) is 0 Å². The van der Waals surface area contributed by atoms with E-state index in [2.05, 4.69) is 49.5 Å². The van der Waals surface area contributed by atoms with Crippen molar-refractivity contribution < 1.29 is 13.2 Å². The van der Waals surface area contributed by atoms with Crippen molar-refractivity contribution in [1.29, 1.82) is 0 Å². The Bertz CT molecular complexity index is 1230. The number of hydrogen-bond acceptors (Lipinski definition) is 9. The van der Waals surface area contributed by atoms with Crippen LogP contribution in [0.1, 0.15) is 48.3 Å². The van der Waals surface area contributed by atoms with Gasteiger partial charge in [0.25, 0.3) is 0 Å². The number of anilines is 3. The van der Waals surface area contributed by atoms with Crippen molar-refractivity contribution in [2.45, 2.75) is 56.4 Å². The zero-order chi connectivity index (χ0) is 24.9. The largest absolute Gasteiger partial charge is 0.486 e. The summed E-state index contributed by atoms with van der Waals surface area (Å²) in [5.74, 6) is 3.03. The van der Waals surface area contributed by atoms with Crippen LogP contribution >= 0.6 is 0 Å². The molecular formula is C26H36N6O3S. The lowest BCUT2D eigenvalue weighted by atomic mass is 9.87. The van der Waals surface area contributed by atoms with Gasteiger partial charge in [0, 0.05) is 38.5 Å². The van der Waals surface area contributed by atoms with Crippen molar-refractivity contribution in [3.8, 4) is 5.75 Å². The molecule has 0 bridgehead atoms. The number of benzene rings is 1. The fourth-order valence-corrected chi connectivity index (χ4v) is 7.20. The quantitative estimate of drug-likeness (QED) is 0.640. The molecular weight excluding hydrogens is 476 g/mol. The predicted molar refractivity (Wildman–Crippen MR) is 141 cm³/mol. The van der Waals surface area contributed by atoms with Gasteiger partial charge in [0.05, 0.1) is 16.5 Å². The van der Waals surface area contributed by atoms with Crippen molar-refractivity contribution in [2.75, 3.05) is 55.7 Å². The molecule has 0 spiro atoms. The number of nitrogens with zero attached hydrogens (tertiary/aromatic N) is 4. The maximum absolute atomic E-state index is 12.0. The Morgan fingerprint density at radius 2 is 1.78 bits per heavy atom. The van der Waals surface area contributed by atoms with Crippen LogP contribution in [0.5, 0.6) is 5.75 Å². The number of aromatic nitrogens is 2. The minimum absolute atomic E-state index is 0.272. The summed E-state index contributed by atoms with van der Waals surface area (Å²) in [7, 11) is -3.02. The minimum Gasteiger partial charge on any atom is -0.486 e. The van der Waals surface area contributed by atoms with Crippen LogP contribution in [0.4, 0.5) is 17.3 Å². The zero-order valence-corrected chi connectivity index (χ0v) is 22.0. The number of aryl methyl sites for hydroxylation is 1. The molecule has 5 heterocycles. The van der Waals surface area contributed by atoms with Crippen molar-refractivity contribution in [2.24, 2.45) is 0 Å². The maximum Gasteiger partial charge on any atom is 0.150 e. The van der Waals surface area contributed by atoms with E-state index in [4.69, 9.17) is 4.74 Å². The second-order valence-electron chi connectivity index (χ2n) is 10.8. The molecule has 10 heteroatoms. The van der Waals surface area contributed by atoms with Crippen LogP contribution in [0, 0.1) is 6.92 Å². The van der Waals surface area contributed by atoms with Crippen molar-refractivity contribution in [3.63, 3.8) is 0 Å². The summed E-state index contributed by atoms with van der Waals surface area (Å²) in [6.07, 6.45) is 6.53. The number of rotatable bonds is 4. The Labute approximate surface area is 213 Å². The third-order valence-electron chi connectivity index (χ3n) is 8.46. The summed E-state index contributed by atoms with van der Waals surface area (Å²) in [5, 5.41) is 6.68. The number of hydrogen-bond donors (Lipinski definition) is 2.